The standard InChI is InChI=1S/C24H20ClF3N6O2/c1-32-18-8-4-7-17(25)20(18)29-22(35)15-13-19(30-31-21(15)32)33-9-11-34(12-10-33)23(36)14-5-2-3-6-16(14)24(26,27)28/h2-8,13H,9-12H2,1H3,(H,29,35). The molecule has 0 bridgehead atoms. The van der Waals surface area contributed by atoms with Crippen molar-refractivity contribution in [1.82, 2.24) is 15.1 Å². The van der Waals surface area contributed by atoms with Gasteiger partial charge in [-0.2, -0.15) is 13.2 Å². The van der Waals surface area contributed by atoms with Crippen LogP contribution in [0.4, 0.5) is 36.2 Å². The first-order valence-corrected chi connectivity index (χ1v) is 11.4. The van der Waals surface area contributed by atoms with Gasteiger partial charge >= 0.3 is 6.18 Å². The van der Waals surface area contributed by atoms with Crippen molar-refractivity contribution in [2.75, 3.05) is 48.3 Å². The molecule has 0 unspecified atom stereocenters. The summed E-state index contributed by atoms with van der Waals surface area (Å²) in [5.41, 5.74) is 0.110. The number of aromatic nitrogens is 2. The first-order valence-electron chi connectivity index (χ1n) is 11.1. The molecular weight excluding hydrogens is 497 g/mol. The number of alkyl halides is 3. The summed E-state index contributed by atoms with van der Waals surface area (Å²) in [6.07, 6.45) is -4.62. The summed E-state index contributed by atoms with van der Waals surface area (Å²) in [5.74, 6) is -0.282. The van der Waals surface area contributed by atoms with Crippen molar-refractivity contribution in [3.05, 3.63) is 70.2 Å². The molecule has 1 N–H and O–H groups in total. The highest BCUT2D eigenvalue weighted by molar-refractivity contribution is 6.35. The molecule has 2 aliphatic rings. The van der Waals surface area contributed by atoms with Gasteiger partial charge in [0.15, 0.2) is 11.6 Å². The van der Waals surface area contributed by atoms with Crippen LogP contribution in [0.15, 0.2) is 48.5 Å². The summed E-state index contributed by atoms with van der Waals surface area (Å²) in [7, 11) is 1.76. The molecule has 186 valence electrons. The fourth-order valence-corrected chi connectivity index (χ4v) is 4.60. The number of rotatable bonds is 2. The van der Waals surface area contributed by atoms with Gasteiger partial charge in [-0.1, -0.05) is 29.8 Å². The number of carbonyl (C=O) groups is 2. The highest BCUT2D eigenvalue weighted by Gasteiger charge is 2.36. The van der Waals surface area contributed by atoms with Gasteiger partial charge in [0.25, 0.3) is 11.8 Å². The normalized spacial score (nSPS) is 15.7. The number of amides is 2. The van der Waals surface area contributed by atoms with E-state index in [0.717, 1.165) is 6.07 Å². The lowest BCUT2D eigenvalue weighted by Gasteiger charge is -2.35. The average molecular weight is 517 g/mol. The third-order valence-electron chi connectivity index (χ3n) is 6.27. The van der Waals surface area contributed by atoms with Crippen molar-refractivity contribution in [2.45, 2.75) is 6.18 Å². The Bertz CT molecular complexity index is 1360. The van der Waals surface area contributed by atoms with E-state index < -0.39 is 23.6 Å². The van der Waals surface area contributed by atoms with E-state index in [-0.39, 0.29) is 18.7 Å². The molecule has 36 heavy (non-hydrogen) atoms. The fraction of sp³-hybridized carbons (Fsp3) is 0.250. The molecule has 5 rings (SSSR count). The zero-order valence-corrected chi connectivity index (χ0v) is 19.8. The summed E-state index contributed by atoms with van der Waals surface area (Å²) < 4.78 is 40.1. The van der Waals surface area contributed by atoms with Crippen molar-refractivity contribution < 1.29 is 22.8 Å². The number of piperazine rings is 1. The van der Waals surface area contributed by atoms with Crippen LogP contribution < -0.4 is 15.1 Å². The van der Waals surface area contributed by atoms with Crippen molar-refractivity contribution in [1.29, 1.82) is 0 Å². The van der Waals surface area contributed by atoms with Crippen molar-refractivity contribution in [3.63, 3.8) is 0 Å². The monoisotopic (exact) mass is 516 g/mol. The number of carbonyl (C=O) groups excluding carboxylic acids is 2. The molecule has 2 aliphatic heterocycles. The maximum atomic E-state index is 13.4. The van der Waals surface area contributed by atoms with Crippen LogP contribution in [0.25, 0.3) is 0 Å². The van der Waals surface area contributed by atoms with Crippen molar-refractivity contribution >= 4 is 46.4 Å². The predicted octanol–water partition coefficient (Wildman–Crippen LogP) is 4.44. The molecule has 1 aromatic heterocycles. The first-order chi connectivity index (χ1) is 17.1. The SMILES string of the molecule is CN1c2cccc(Cl)c2NC(=O)c2cc(N3CCN(C(=O)c4ccccc4C(F)(F)F)CC3)nnc21. The van der Waals surface area contributed by atoms with Gasteiger partial charge in [0.2, 0.25) is 0 Å². The molecule has 0 spiro atoms. The highest BCUT2D eigenvalue weighted by atomic mass is 35.5. The highest BCUT2D eigenvalue weighted by Crippen LogP contribution is 2.40. The second-order valence-corrected chi connectivity index (χ2v) is 8.82. The minimum atomic E-state index is -4.62. The van der Waals surface area contributed by atoms with Gasteiger partial charge in [-0.15, -0.1) is 10.2 Å². The lowest BCUT2D eigenvalue weighted by Crippen LogP contribution is -2.49. The summed E-state index contributed by atoms with van der Waals surface area (Å²) >= 11 is 6.28. The van der Waals surface area contributed by atoms with Gasteiger partial charge in [0.05, 0.1) is 33.1 Å². The Labute approximate surface area is 209 Å². The largest absolute Gasteiger partial charge is 0.417 e. The summed E-state index contributed by atoms with van der Waals surface area (Å²) in [4.78, 5) is 30.8. The van der Waals surface area contributed by atoms with Gasteiger partial charge in [0.1, 0.15) is 0 Å². The van der Waals surface area contributed by atoms with Crippen LogP contribution in [0.1, 0.15) is 26.3 Å². The van der Waals surface area contributed by atoms with Crippen LogP contribution in [0.5, 0.6) is 0 Å². The van der Waals surface area contributed by atoms with Crippen molar-refractivity contribution in [2.24, 2.45) is 0 Å². The van der Waals surface area contributed by atoms with E-state index in [1.165, 1.54) is 23.1 Å². The number of halogens is 4. The molecule has 1 saturated heterocycles. The third-order valence-corrected chi connectivity index (χ3v) is 6.58. The molecule has 0 aliphatic carbocycles. The Balaban J connectivity index is 1.35. The van der Waals surface area contributed by atoms with Crippen LogP contribution in [0, 0.1) is 0 Å². The lowest BCUT2D eigenvalue weighted by molar-refractivity contribution is -0.138. The van der Waals surface area contributed by atoms with E-state index >= 15 is 0 Å². The van der Waals surface area contributed by atoms with E-state index in [4.69, 9.17) is 11.6 Å². The number of hydrogen-bond donors (Lipinski definition) is 1. The zero-order chi connectivity index (χ0) is 25.6. The summed E-state index contributed by atoms with van der Waals surface area (Å²) in [5, 5.41) is 11.8. The number of nitrogens with zero attached hydrogens (tertiary/aromatic N) is 5. The van der Waals surface area contributed by atoms with Crippen molar-refractivity contribution in [3.8, 4) is 0 Å². The van der Waals surface area contributed by atoms with Crippen LogP contribution in [-0.4, -0.2) is 60.1 Å². The van der Waals surface area contributed by atoms with Gasteiger partial charge in [0, 0.05) is 33.2 Å². The summed E-state index contributed by atoms with van der Waals surface area (Å²) in [6.45, 7) is 1.02. The number of para-hydroxylation sites is 1. The smallest absolute Gasteiger partial charge is 0.352 e. The molecule has 8 nitrogen and oxygen atoms in total. The second kappa shape index (κ2) is 8.98. The third kappa shape index (κ3) is 4.19. The zero-order valence-electron chi connectivity index (χ0n) is 19.0. The number of nitrogens with one attached hydrogen (secondary N) is 1. The minimum Gasteiger partial charge on any atom is -0.352 e. The molecule has 3 aromatic rings. The Morgan fingerprint density at radius 1 is 1.03 bits per heavy atom. The van der Waals surface area contributed by atoms with Crippen LogP contribution in [0.3, 0.4) is 0 Å². The minimum absolute atomic E-state index is 0.191. The number of fused-ring (bicyclic) bond motifs is 2. The Morgan fingerprint density at radius 2 is 1.75 bits per heavy atom. The molecule has 12 heteroatoms. The van der Waals surface area contributed by atoms with Gasteiger partial charge in [-0.05, 0) is 30.3 Å². The maximum absolute atomic E-state index is 13.4. The molecule has 3 heterocycles. The molecule has 0 saturated carbocycles. The van der Waals surface area contributed by atoms with E-state index in [1.807, 2.05) is 4.90 Å². The van der Waals surface area contributed by atoms with E-state index in [1.54, 1.807) is 36.2 Å². The lowest BCUT2D eigenvalue weighted by atomic mass is 10.1. The van der Waals surface area contributed by atoms with E-state index in [2.05, 4.69) is 15.5 Å². The molecule has 0 radical (unpaired) electrons. The average Bonchev–Trinajstić information content (AvgIpc) is 2.98. The first kappa shape index (κ1) is 23.9. The Hall–Kier alpha value is -3.86. The van der Waals surface area contributed by atoms with Gasteiger partial charge in [-0.3, -0.25) is 9.59 Å². The molecular formula is C24H20ClF3N6O2. The fourth-order valence-electron chi connectivity index (χ4n) is 4.38. The molecule has 0 atom stereocenters. The van der Waals surface area contributed by atoms with E-state index in [9.17, 15) is 22.8 Å². The molecule has 2 aromatic carbocycles. The van der Waals surface area contributed by atoms with Crippen LogP contribution >= 0.6 is 11.6 Å². The second-order valence-electron chi connectivity index (χ2n) is 8.41. The molecule has 1 fully saturated rings. The number of hydrogen-bond acceptors (Lipinski definition) is 6. The summed E-state index contributed by atoms with van der Waals surface area (Å²) in [6, 6.07) is 11.6. The Morgan fingerprint density at radius 3 is 2.47 bits per heavy atom. The van der Waals surface area contributed by atoms with Gasteiger partial charge < -0.3 is 20.0 Å². The van der Waals surface area contributed by atoms with Crippen LogP contribution in [0.2, 0.25) is 5.02 Å². The quantitative estimate of drug-likeness (QED) is 0.542. The molecule has 2 amide bonds. The van der Waals surface area contributed by atoms with Gasteiger partial charge in [-0.25, -0.2) is 0 Å². The topological polar surface area (TPSA) is 81.7 Å². The Kier molecular flexibility index (Phi) is 5.95. The van der Waals surface area contributed by atoms with Crippen LogP contribution in [-0.2, 0) is 6.18 Å². The number of benzene rings is 2. The number of anilines is 4. The van der Waals surface area contributed by atoms with E-state index in [0.29, 0.717) is 46.7 Å². The predicted molar refractivity (Wildman–Crippen MR) is 129 cm³/mol. The maximum Gasteiger partial charge on any atom is 0.417 e.